The van der Waals surface area contributed by atoms with Crippen LogP contribution in [0.5, 0.6) is 0 Å². The van der Waals surface area contributed by atoms with Crippen molar-refractivity contribution >= 4 is 5.91 Å². The molecule has 1 aliphatic heterocycles. The minimum atomic E-state index is 0.341. The lowest BCUT2D eigenvalue weighted by molar-refractivity contribution is -0.133. The highest BCUT2D eigenvalue weighted by atomic mass is 16.2. The molecule has 0 radical (unpaired) electrons. The Morgan fingerprint density at radius 3 is 2.62 bits per heavy atom. The van der Waals surface area contributed by atoms with Crippen LogP contribution in [0, 0.1) is 5.92 Å². The molecule has 2 fully saturated rings. The van der Waals surface area contributed by atoms with Gasteiger partial charge in [0.25, 0.3) is 0 Å². The van der Waals surface area contributed by atoms with Crippen molar-refractivity contribution in [3.8, 4) is 0 Å². The van der Waals surface area contributed by atoms with E-state index in [0.717, 1.165) is 19.5 Å². The summed E-state index contributed by atoms with van der Waals surface area (Å²) in [5.41, 5.74) is 0. The van der Waals surface area contributed by atoms with E-state index < -0.39 is 0 Å². The summed E-state index contributed by atoms with van der Waals surface area (Å²) >= 11 is 0. The number of carbonyl (C=O) groups excluding carboxylic acids is 1. The second kappa shape index (κ2) is 5.17. The first-order valence-corrected chi connectivity index (χ1v) is 6.69. The second-order valence-electron chi connectivity index (χ2n) is 5.58. The van der Waals surface area contributed by atoms with Crippen LogP contribution >= 0.6 is 0 Å². The van der Waals surface area contributed by atoms with Gasteiger partial charge in [-0.3, -0.25) is 4.79 Å². The fourth-order valence-electron chi connectivity index (χ4n) is 2.44. The van der Waals surface area contributed by atoms with Crippen molar-refractivity contribution in [1.82, 2.24) is 10.2 Å². The summed E-state index contributed by atoms with van der Waals surface area (Å²) in [5.74, 6) is 1.07. The number of nitrogens with one attached hydrogen (secondary N) is 1. The quantitative estimate of drug-likeness (QED) is 0.772. The number of carbonyl (C=O) groups is 1. The predicted molar refractivity (Wildman–Crippen MR) is 65.2 cm³/mol. The van der Waals surface area contributed by atoms with Crippen molar-refractivity contribution in [3.63, 3.8) is 0 Å². The lowest BCUT2D eigenvalue weighted by Gasteiger charge is -2.29. The zero-order valence-corrected chi connectivity index (χ0v) is 10.5. The summed E-state index contributed by atoms with van der Waals surface area (Å²) in [6.07, 6.45) is 5.79. The van der Waals surface area contributed by atoms with E-state index in [0.29, 0.717) is 23.9 Å². The Kier molecular flexibility index (Phi) is 3.85. The van der Waals surface area contributed by atoms with Crippen molar-refractivity contribution in [1.29, 1.82) is 0 Å². The third-order valence-electron chi connectivity index (χ3n) is 3.68. The fraction of sp³-hybridized carbons (Fsp3) is 0.923. The van der Waals surface area contributed by atoms with Crippen LogP contribution in [-0.2, 0) is 4.79 Å². The SMILES string of the molecule is CC(C)N(CC1CCCN1)C(=O)CC1CC1. The van der Waals surface area contributed by atoms with Gasteiger partial charge in [0.2, 0.25) is 5.91 Å². The first-order chi connectivity index (χ1) is 7.66. The van der Waals surface area contributed by atoms with Crippen molar-refractivity contribution in [2.75, 3.05) is 13.1 Å². The monoisotopic (exact) mass is 224 g/mol. The molecule has 1 heterocycles. The van der Waals surface area contributed by atoms with E-state index >= 15 is 0 Å². The Balaban J connectivity index is 1.84. The molecule has 1 atom stereocenters. The molecule has 0 aromatic heterocycles. The molecule has 0 spiro atoms. The molecule has 1 saturated heterocycles. The standard InChI is InChI=1S/C13H24N2O/c1-10(2)15(9-12-4-3-7-14-12)13(16)8-11-5-6-11/h10-12,14H,3-9H2,1-2H3. The molecule has 2 rings (SSSR count). The first kappa shape index (κ1) is 11.9. The summed E-state index contributed by atoms with van der Waals surface area (Å²) in [6, 6.07) is 0.874. The molecule has 1 N–H and O–H groups in total. The van der Waals surface area contributed by atoms with Gasteiger partial charge in [-0.25, -0.2) is 0 Å². The third kappa shape index (κ3) is 3.21. The van der Waals surface area contributed by atoms with Crippen molar-refractivity contribution in [2.45, 2.75) is 58.0 Å². The molecule has 1 saturated carbocycles. The van der Waals surface area contributed by atoms with Crippen molar-refractivity contribution in [3.05, 3.63) is 0 Å². The van der Waals surface area contributed by atoms with E-state index in [9.17, 15) is 4.79 Å². The maximum atomic E-state index is 12.1. The van der Waals surface area contributed by atoms with E-state index in [4.69, 9.17) is 0 Å². The molecule has 16 heavy (non-hydrogen) atoms. The highest BCUT2D eigenvalue weighted by Crippen LogP contribution is 2.33. The summed E-state index contributed by atoms with van der Waals surface area (Å²) in [7, 11) is 0. The van der Waals surface area contributed by atoms with Crippen LogP contribution in [0.2, 0.25) is 0 Å². The second-order valence-corrected chi connectivity index (χ2v) is 5.58. The first-order valence-electron chi connectivity index (χ1n) is 6.69. The minimum absolute atomic E-state index is 0.341. The normalized spacial score (nSPS) is 25.1. The molecule has 0 aromatic carbocycles. The van der Waals surface area contributed by atoms with E-state index in [-0.39, 0.29) is 0 Å². The van der Waals surface area contributed by atoms with Gasteiger partial charge in [0.15, 0.2) is 0 Å². The largest absolute Gasteiger partial charge is 0.339 e. The molecule has 0 aromatic rings. The van der Waals surface area contributed by atoms with Gasteiger partial charge in [-0.05, 0) is 52.0 Å². The van der Waals surface area contributed by atoms with Gasteiger partial charge in [0.05, 0.1) is 0 Å². The van der Waals surface area contributed by atoms with Crippen LogP contribution in [0.25, 0.3) is 0 Å². The van der Waals surface area contributed by atoms with Crippen molar-refractivity contribution in [2.24, 2.45) is 5.92 Å². The lowest BCUT2D eigenvalue weighted by atomic mass is 10.1. The number of nitrogens with zero attached hydrogens (tertiary/aromatic N) is 1. The zero-order valence-electron chi connectivity index (χ0n) is 10.5. The highest BCUT2D eigenvalue weighted by molar-refractivity contribution is 5.77. The van der Waals surface area contributed by atoms with Crippen LogP contribution < -0.4 is 5.32 Å². The van der Waals surface area contributed by atoms with Gasteiger partial charge in [0.1, 0.15) is 0 Å². The predicted octanol–water partition coefficient (Wildman–Crippen LogP) is 1.78. The maximum Gasteiger partial charge on any atom is 0.223 e. The minimum Gasteiger partial charge on any atom is -0.339 e. The number of hydrogen-bond donors (Lipinski definition) is 1. The highest BCUT2D eigenvalue weighted by Gasteiger charge is 2.29. The summed E-state index contributed by atoms with van der Waals surface area (Å²) in [5, 5.41) is 3.47. The fourth-order valence-corrected chi connectivity index (χ4v) is 2.44. The average Bonchev–Trinajstić information content (AvgIpc) is 2.89. The number of amides is 1. The van der Waals surface area contributed by atoms with Gasteiger partial charge >= 0.3 is 0 Å². The number of hydrogen-bond acceptors (Lipinski definition) is 2. The summed E-state index contributed by atoms with van der Waals surface area (Å²) in [4.78, 5) is 14.2. The molecular weight excluding hydrogens is 200 g/mol. The Bertz CT molecular complexity index is 242. The molecule has 3 nitrogen and oxygen atoms in total. The molecular formula is C13H24N2O. The molecule has 3 heteroatoms. The molecule has 1 aliphatic carbocycles. The van der Waals surface area contributed by atoms with E-state index in [1.165, 1.54) is 25.7 Å². The topological polar surface area (TPSA) is 32.3 Å². The van der Waals surface area contributed by atoms with Gasteiger partial charge in [0, 0.05) is 25.0 Å². The van der Waals surface area contributed by atoms with E-state index in [1.54, 1.807) is 0 Å². The Labute approximate surface area is 98.6 Å². The molecule has 2 aliphatic rings. The lowest BCUT2D eigenvalue weighted by Crippen LogP contribution is -2.44. The van der Waals surface area contributed by atoms with Crippen LogP contribution in [0.3, 0.4) is 0 Å². The molecule has 0 bridgehead atoms. The summed E-state index contributed by atoms with van der Waals surface area (Å²) in [6.45, 7) is 6.27. The molecule has 1 unspecified atom stereocenters. The van der Waals surface area contributed by atoms with Crippen LogP contribution in [-0.4, -0.2) is 36.0 Å². The Hall–Kier alpha value is -0.570. The molecule has 92 valence electrons. The summed E-state index contributed by atoms with van der Waals surface area (Å²) < 4.78 is 0. The van der Waals surface area contributed by atoms with E-state index in [1.807, 2.05) is 0 Å². The molecule has 1 amide bonds. The van der Waals surface area contributed by atoms with Gasteiger partial charge in [-0.2, -0.15) is 0 Å². The van der Waals surface area contributed by atoms with Crippen molar-refractivity contribution < 1.29 is 4.79 Å². The third-order valence-corrected chi connectivity index (χ3v) is 3.68. The Morgan fingerprint density at radius 1 is 1.38 bits per heavy atom. The van der Waals surface area contributed by atoms with Crippen LogP contribution in [0.4, 0.5) is 0 Å². The van der Waals surface area contributed by atoms with E-state index in [2.05, 4.69) is 24.1 Å². The average molecular weight is 224 g/mol. The van der Waals surface area contributed by atoms with Gasteiger partial charge < -0.3 is 10.2 Å². The van der Waals surface area contributed by atoms with Gasteiger partial charge in [-0.1, -0.05) is 0 Å². The number of rotatable bonds is 5. The van der Waals surface area contributed by atoms with Crippen LogP contribution in [0.1, 0.15) is 46.0 Å². The Morgan fingerprint density at radius 2 is 2.12 bits per heavy atom. The van der Waals surface area contributed by atoms with Crippen LogP contribution in [0.15, 0.2) is 0 Å². The smallest absolute Gasteiger partial charge is 0.223 e. The zero-order chi connectivity index (χ0) is 11.5. The maximum absolute atomic E-state index is 12.1. The van der Waals surface area contributed by atoms with Gasteiger partial charge in [-0.15, -0.1) is 0 Å².